The highest BCUT2D eigenvalue weighted by Crippen LogP contribution is 2.15. The lowest BCUT2D eigenvalue weighted by Gasteiger charge is -2.40. The van der Waals surface area contributed by atoms with Crippen molar-refractivity contribution in [3.8, 4) is 0 Å². The molecule has 0 spiro atoms. The maximum absolute atomic E-state index is 11.7. The number of morpholine rings is 1. The highest BCUT2D eigenvalue weighted by Gasteiger charge is 2.28. The predicted molar refractivity (Wildman–Crippen MR) is 72.3 cm³/mol. The molecule has 5 heteroatoms. The fraction of sp³-hybridized carbons (Fsp3) is 0.923. The number of rotatable bonds is 6. The van der Waals surface area contributed by atoms with Gasteiger partial charge in [0.25, 0.3) is 0 Å². The highest BCUT2D eigenvalue weighted by atomic mass is 16.5. The second-order valence-corrected chi connectivity index (χ2v) is 5.73. The average molecular weight is 257 g/mol. The minimum atomic E-state index is -0.0224. The fourth-order valence-corrected chi connectivity index (χ4v) is 2.07. The van der Waals surface area contributed by atoms with Gasteiger partial charge in [0.1, 0.15) is 0 Å². The summed E-state index contributed by atoms with van der Waals surface area (Å²) in [6, 6.07) is 0. The van der Waals surface area contributed by atoms with Gasteiger partial charge in [-0.2, -0.15) is 0 Å². The first-order valence-corrected chi connectivity index (χ1v) is 6.75. The highest BCUT2D eigenvalue weighted by molar-refractivity contribution is 5.76. The third-order valence-electron chi connectivity index (χ3n) is 3.52. The Kier molecular flexibility index (Phi) is 6.05. The molecule has 1 unspecified atom stereocenters. The molecule has 106 valence electrons. The van der Waals surface area contributed by atoms with E-state index in [1.54, 1.807) is 0 Å². The molecule has 0 bridgehead atoms. The van der Waals surface area contributed by atoms with Gasteiger partial charge >= 0.3 is 0 Å². The lowest BCUT2D eigenvalue weighted by Crippen LogP contribution is -2.55. The van der Waals surface area contributed by atoms with Crippen LogP contribution in [0.3, 0.4) is 0 Å². The van der Waals surface area contributed by atoms with E-state index in [0.29, 0.717) is 19.5 Å². The molecule has 1 aliphatic heterocycles. The Morgan fingerprint density at radius 3 is 2.61 bits per heavy atom. The first-order chi connectivity index (χ1) is 8.45. The number of ether oxygens (including phenoxy) is 1. The molecule has 1 heterocycles. The van der Waals surface area contributed by atoms with Crippen molar-refractivity contribution in [1.29, 1.82) is 0 Å². The third kappa shape index (κ3) is 4.92. The molecule has 1 fully saturated rings. The smallest absolute Gasteiger partial charge is 0.220 e. The van der Waals surface area contributed by atoms with Gasteiger partial charge < -0.3 is 15.8 Å². The van der Waals surface area contributed by atoms with Gasteiger partial charge in [0, 0.05) is 31.6 Å². The van der Waals surface area contributed by atoms with Crippen LogP contribution in [-0.4, -0.2) is 55.7 Å². The molecule has 1 aliphatic rings. The molecule has 0 radical (unpaired) electrons. The number of nitrogens with zero attached hydrogens (tertiary/aromatic N) is 1. The van der Waals surface area contributed by atoms with E-state index in [1.165, 1.54) is 0 Å². The summed E-state index contributed by atoms with van der Waals surface area (Å²) >= 11 is 0. The Hall–Kier alpha value is -0.650. The van der Waals surface area contributed by atoms with Crippen LogP contribution in [0.25, 0.3) is 0 Å². The van der Waals surface area contributed by atoms with E-state index in [9.17, 15) is 4.79 Å². The second kappa shape index (κ2) is 7.07. The molecule has 1 rings (SSSR count). The van der Waals surface area contributed by atoms with Crippen LogP contribution in [0.5, 0.6) is 0 Å². The lowest BCUT2D eigenvalue weighted by atomic mass is 10.0. The minimum absolute atomic E-state index is 0.0224. The maximum atomic E-state index is 11.7. The summed E-state index contributed by atoms with van der Waals surface area (Å²) in [7, 11) is 0. The van der Waals surface area contributed by atoms with Gasteiger partial charge in [-0.15, -0.1) is 0 Å². The Morgan fingerprint density at radius 2 is 2.06 bits per heavy atom. The monoisotopic (exact) mass is 257 g/mol. The molecule has 5 nitrogen and oxygen atoms in total. The number of hydrogen-bond acceptors (Lipinski definition) is 4. The number of amides is 1. The van der Waals surface area contributed by atoms with Crippen LogP contribution in [0.15, 0.2) is 0 Å². The number of nitrogens with one attached hydrogen (secondary N) is 1. The zero-order valence-corrected chi connectivity index (χ0v) is 11.9. The number of carbonyl (C=O) groups is 1. The standard InChI is InChI=1S/C13H27N3O2/c1-11(9-14)8-12(17)15-10-13(2,3)16-4-6-18-7-5-16/h11H,4-10,14H2,1-3H3,(H,15,17). The Balaban J connectivity index is 2.33. The largest absolute Gasteiger partial charge is 0.379 e. The first-order valence-electron chi connectivity index (χ1n) is 6.75. The van der Waals surface area contributed by atoms with E-state index >= 15 is 0 Å². The Labute approximate surface area is 110 Å². The molecule has 0 aromatic heterocycles. The second-order valence-electron chi connectivity index (χ2n) is 5.73. The minimum Gasteiger partial charge on any atom is -0.379 e. The van der Waals surface area contributed by atoms with Gasteiger partial charge in [-0.3, -0.25) is 9.69 Å². The van der Waals surface area contributed by atoms with Gasteiger partial charge in [0.05, 0.1) is 13.2 Å². The van der Waals surface area contributed by atoms with Crippen molar-refractivity contribution in [2.24, 2.45) is 11.7 Å². The molecule has 3 N–H and O–H groups in total. The molecule has 1 amide bonds. The molecular formula is C13H27N3O2. The van der Waals surface area contributed by atoms with E-state index in [-0.39, 0.29) is 17.4 Å². The Morgan fingerprint density at radius 1 is 1.44 bits per heavy atom. The van der Waals surface area contributed by atoms with E-state index < -0.39 is 0 Å². The van der Waals surface area contributed by atoms with Crippen LogP contribution in [0.4, 0.5) is 0 Å². The maximum Gasteiger partial charge on any atom is 0.220 e. The van der Waals surface area contributed by atoms with E-state index in [2.05, 4.69) is 24.1 Å². The van der Waals surface area contributed by atoms with Crippen molar-refractivity contribution in [2.45, 2.75) is 32.7 Å². The summed E-state index contributed by atoms with van der Waals surface area (Å²) in [5.74, 6) is 0.339. The van der Waals surface area contributed by atoms with Crippen LogP contribution < -0.4 is 11.1 Å². The van der Waals surface area contributed by atoms with Gasteiger partial charge in [-0.25, -0.2) is 0 Å². The van der Waals surface area contributed by atoms with Crippen molar-refractivity contribution in [2.75, 3.05) is 39.4 Å². The zero-order chi connectivity index (χ0) is 13.6. The zero-order valence-electron chi connectivity index (χ0n) is 11.9. The van der Waals surface area contributed by atoms with Crippen LogP contribution in [-0.2, 0) is 9.53 Å². The summed E-state index contributed by atoms with van der Waals surface area (Å²) in [5.41, 5.74) is 5.49. The number of nitrogens with two attached hydrogens (primary N) is 1. The quantitative estimate of drug-likeness (QED) is 0.713. The number of hydrogen-bond donors (Lipinski definition) is 2. The summed E-state index contributed by atoms with van der Waals surface area (Å²) in [6.07, 6.45) is 0.510. The van der Waals surface area contributed by atoms with Gasteiger partial charge in [0.2, 0.25) is 5.91 Å². The Bertz CT molecular complexity index is 263. The van der Waals surface area contributed by atoms with Crippen LogP contribution in [0.2, 0.25) is 0 Å². The van der Waals surface area contributed by atoms with Gasteiger partial charge in [-0.1, -0.05) is 6.92 Å². The summed E-state index contributed by atoms with van der Waals surface area (Å²) in [5, 5.41) is 3.01. The average Bonchev–Trinajstić information content (AvgIpc) is 2.37. The lowest BCUT2D eigenvalue weighted by molar-refractivity contribution is -0.122. The van der Waals surface area contributed by atoms with Crippen LogP contribution >= 0.6 is 0 Å². The molecule has 0 aromatic rings. The summed E-state index contributed by atoms with van der Waals surface area (Å²) in [6.45, 7) is 11.0. The third-order valence-corrected chi connectivity index (χ3v) is 3.52. The summed E-state index contributed by atoms with van der Waals surface area (Å²) < 4.78 is 5.34. The van der Waals surface area contributed by atoms with Crippen LogP contribution in [0.1, 0.15) is 27.2 Å². The van der Waals surface area contributed by atoms with E-state index in [1.807, 2.05) is 6.92 Å². The molecule has 0 aliphatic carbocycles. The SMILES string of the molecule is CC(CN)CC(=O)NCC(C)(C)N1CCOCC1. The van der Waals surface area contributed by atoms with E-state index in [4.69, 9.17) is 10.5 Å². The van der Waals surface area contributed by atoms with Crippen molar-refractivity contribution in [1.82, 2.24) is 10.2 Å². The van der Waals surface area contributed by atoms with Crippen molar-refractivity contribution >= 4 is 5.91 Å². The van der Waals surface area contributed by atoms with Crippen molar-refractivity contribution in [3.05, 3.63) is 0 Å². The summed E-state index contributed by atoms with van der Waals surface area (Å²) in [4.78, 5) is 14.1. The normalized spacial score (nSPS) is 19.6. The van der Waals surface area contributed by atoms with E-state index in [0.717, 1.165) is 26.3 Å². The van der Waals surface area contributed by atoms with Crippen LogP contribution in [0, 0.1) is 5.92 Å². The molecule has 0 saturated carbocycles. The molecule has 1 saturated heterocycles. The van der Waals surface area contributed by atoms with Gasteiger partial charge in [0.15, 0.2) is 0 Å². The first kappa shape index (κ1) is 15.4. The van der Waals surface area contributed by atoms with Crippen molar-refractivity contribution < 1.29 is 9.53 Å². The van der Waals surface area contributed by atoms with Crippen molar-refractivity contribution in [3.63, 3.8) is 0 Å². The molecule has 1 atom stereocenters. The number of carbonyl (C=O) groups excluding carboxylic acids is 1. The fourth-order valence-electron chi connectivity index (χ4n) is 2.07. The topological polar surface area (TPSA) is 67.6 Å². The molecule has 18 heavy (non-hydrogen) atoms. The van der Waals surface area contributed by atoms with Gasteiger partial charge in [-0.05, 0) is 26.3 Å². The molecule has 0 aromatic carbocycles. The predicted octanol–water partition coefficient (Wildman–Crippen LogP) is 0.198. The molecular weight excluding hydrogens is 230 g/mol.